The standard InChI is InChI=1S/C17H17NO5/c19-16(20)12-22-15-8-6-14(7-9-15)18-10-17(21)23-11-13-4-2-1-3-5-13/h1-9,18H,10-12H2,(H,19,20). The smallest absolute Gasteiger partial charge is 0.341 e. The summed E-state index contributed by atoms with van der Waals surface area (Å²) in [4.78, 5) is 22.1. The van der Waals surface area contributed by atoms with Gasteiger partial charge >= 0.3 is 11.9 Å². The first kappa shape index (κ1) is 16.4. The molecule has 0 saturated heterocycles. The Bertz CT molecular complexity index is 640. The van der Waals surface area contributed by atoms with Crippen LogP contribution in [0.15, 0.2) is 54.6 Å². The molecule has 2 aromatic carbocycles. The molecule has 6 nitrogen and oxygen atoms in total. The van der Waals surface area contributed by atoms with E-state index in [1.807, 2.05) is 30.3 Å². The molecule has 23 heavy (non-hydrogen) atoms. The lowest BCUT2D eigenvalue weighted by Crippen LogP contribution is -2.16. The van der Waals surface area contributed by atoms with Gasteiger partial charge in [-0.2, -0.15) is 0 Å². The van der Waals surface area contributed by atoms with Gasteiger partial charge in [0, 0.05) is 5.69 Å². The molecule has 0 unspecified atom stereocenters. The Morgan fingerprint density at radius 3 is 2.35 bits per heavy atom. The highest BCUT2D eigenvalue weighted by atomic mass is 16.5. The average molecular weight is 315 g/mol. The summed E-state index contributed by atoms with van der Waals surface area (Å²) in [6.45, 7) is -0.107. The monoisotopic (exact) mass is 315 g/mol. The minimum absolute atomic E-state index is 0.0438. The molecule has 2 aromatic rings. The van der Waals surface area contributed by atoms with Crippen LogP contribution in [0.5, 0.6) is 5.75 Å². The molecular weight excluding hydrogens is 298 g/mol. The van der Waals surface area contributed by atoms with Crippen molar-refractivity contribution in [3.8, 4) is 5.75 Å². The summed E-state index contributed by atoms with van der Waals surface area (Å²) in [5.41, 5.74) is 1.64. The van der Waals surface area contributed by atoms with Crippen molar-refractivity contribution in [3.63, 3.8) is 0 Å². The van der Waals surface area contributed by atoms with Gasteiger partial charge in [0.1, 0.15) is 18.9 Å². The molecule has 0 aliphatic carbocycles. The third-order valence-corrected chi connectivity index (χ3v) is 2.90. The number of carbonyl (C=O) groups is 2. The largest absolute Gasteiger partial charge is 0.482 e. The summed E-state index contributed by atoms with van der Waals surface area (Å²) in [5, 5.41) is 11.4. The molecule has 2 rings (SSSR count). The van der Waals surface area contributed by atoms with Gasteiger partial charge in [-0.1, -0.05) is 30.3 Å². The maximum absolute atomic E-state index is 11.7. The molecular formula is C17H17NO5. The molecule has 6 heteroatoms. The number of benzene rings is 2. The normalized spacial score (nSPS) is 9.91. The predicted octanol–water partition coefficient (Wildman–Crippen LogP) is 2.31. The summed E-state index contributed by atoms with van der Waals surface area (Å²) in [5.74, 6) is -0.946. The first-order valence-electron chi connectivity index (χ1n) is 7.01. The first-order valence-corrected chi connectivity index (χ1v) is 7.01. The molecule has 0 atom stereocenters. The Hall–Kier alpha value is -3.02. The fourth-order valence-electron chi connectivity index (χ4n) is 1.78. The summed E-state index contributed by atoms with van der Waals surface area (Å²) in [7, 11) is 0. The maximum Gasteiger partial charge on any atom is 0.341 e. The lowest BCUT2D eigenvalue weighted by molar-refractivity contribution is -0.143. The van der Waals surface area contributed by atoms with Crippen LogP contribution < -0.4 is 10.1 Å². The first-order chi connectivity index (χ1) is 11.1. The summed E-state index contributed by atoms with van der Waals surface area (Å²) in [6.07, 6.45) is 0. The number of carbonyl (C=O) groups excluding carboxylic acids is 1. The van der Waals surface area contributed by atoms with E-state index in [9.17, 15) is 9.59 Å². The number of esters is 1. The van der Waals surface area contributed by atoms with Crippen molar-refractivity contribution in [2.24, 2.45) is 0 Å². The molecule has 0 spiro atoms. The van der Waals surface area contributed by atoms with Crippen molar-refractivity contribution in [2.75, 3.05) is 18.5 Å². The van der Waals surface area contributed by atoms with Gasteiger partial charge in [-0.05, 0) is 29.8 Å². The van der Waals surface area contributed by atoms with Crippen molar-refractivity contribution in [1.82, 2.24) is 0 Å². The number of carboxylic acid groups (broad SMARTS) is 1. The fraction of sp³-hybridized carbons (Fsp3) is 0.176. The van der Waals surface area contributed by atoms with Gasteiger partial charge in [0.25, 0.3) is 0 Å². The van der Waals surface area contributed by atoms with E-state index in [1.165, 1.54) is 0 Å². The average Bonchev–Trinajstić information content (AvgIpc) is 2.58. The van der Waals surface area contributed by atoms with Crippen LogP contribution in [0.2, 0.25) is 0 Å². The van der Waals surface area contributed by atoms with Crippen molar-refractivity contribution in [3.05, 3.63) is 60.2 Å². The summed E-state index contributed by atoms with van der Waals surface area (Å²) < 4.78 is 10.2. The van der Waals surface area contributed by atoms with Gasteiger partial charge < -0.3 is 19.9 Å². The van der Waals surface area contributed by atoms with Crippen LogP contribution in [0, 0.1) is 0 Å². The molecule has 0 bridgehead atoms. The molecule has 120 valence electrons. The molecule has 2 N–H and O–H groups in total. The Balaban J connectivity index is 1.72. The second kappa shape index (κ2) is 8.43. The van der Waals surface area contributed by atoms with Crippen LogP contribution >= 0.6 is 0 Å². The van der Waals surface area contributed by atoms with E-state index in [1.54, 1.807) is 24.3 Å². The summed E-state index contributed by atoms with van der Waals surface area (Å²) >= 11 is 0. The zero-order valence-corrected chi connectivity index (χ0v) is 12.4. The van der Waals surface area contributed by atoms with Gasteiger partial charge in [0.15, 0.2) is 6.61 Å². The minimum Gasteiger partial charge on any atom is -0.482 e. The Morgan fingerprint density at radius 2 is 1.70 bits per heavy atom. The predicted molar refractivity (Wildman–Crippen MR) is 84.3 cm³/mol. The number of carboxylic acids is 1. The van der Waals surface area contributed by atoms with E-state index >= 15 is 0 Å². The lowest BCUT2D eigenvalue weighted by Gasteiger charge is -2.08. The number of nitrogens with one attached hydrogen (secondary N) is 1. The number of rotatable bonds is 8. The topological polar surface area (TPSA) is 84.9 Å². The van der Waals surface area contributed by atoms with E-state index < -0.39 is 12.6 Å². The molecule has 0 radical (unpaired) electrons. The fourth-order valence-corrected chi connectivity index (χ4v) is 1.78. The van der Waals surface area contributed by atoms with Gasteiger partial charge in [-0.25, -0.2) is 4.79 Å². The Morgan fingerprint density at radius 1 is 1.00 bits per heavy atom. The molecule has 0 aliphatic heterocycles. The van der Waals surface area contributed by atoms with Gasteiger partial charge in [-0.3, -0.25) is 4.79 Å². The second-order valence-corrected chi connectivity index (χ2v) is 4.71. The number of hydrogen-bond acceptors (Lipinski definition) is 5. The maximum atomic E-state index is 11.7. The highest BCUT2D eigenvalue weighted by Gasteiger charge is 2.04. The molecule has 0 saturated carbocycles. The van der Waals surface area contributed by atoms with Crippen LogP contribution in [0.1, 0.15) is 5.56 Å². The highest BCUT2D eigenvalue weighted by molar-refractivity contribution is 5.75. The van der Waals surface area contributed by atoms with Crippen LogP contribution in [0.4, 0.5) is 5.69 Å². The number of ether oxygens (including phenoxy) is 2. The van der Waals surface area contributed by atoms with E-state index in [0.29, 0.717) is 11.4 Å². The minimum atomic E-state index is -1.03. The molecule has 0 amide bonds. The number of hydrogen-bond donors (Lipinski definition) is 2. The Labute approximate surface area is 133 Å². The third kappa shape index (κ3) is 6.09. The van der Waals surface area contributed by atoms with Crippen LogP contribution in [-0.4, -0.2) is 30.2 Å². The van der Waals surface area contributed by atoms with E-state index in [-0.39, 0.29) is 19.1 Å². The number of aliphatic carboxylic acids is 1. The zero-order chi connectivity index (χ0) is 16.5. The van der Waals surface area contributed by atoms with E-state index in [4.69, 9.17) is 14.6 Å². The van der Waals surface area contributed by atoms with E-state index in [2.05, 4.69) is 5.32 Å². The van der Waals surface area contributed by atoms with Crippen molar-refractivity contribution >= 4 is 17.6 Å². The van der Waals surface area contributed by atoms with Crippen LogP contribution in [0.25, 0.3) is 0 Å². The quantitative estimate of drug-likeness (QED) is 0.727. The van der Waals surface area contributed by atoms with Gasteiger partial charge in [-0.15, -0.1) is 0 Å². The lowest BCUT2D eigenvalue weighted by atomic mass is 10.2. The third-order valence-electron chi connectivity index (χ3n) is 2.90. The number of anilines is 1. The zero-order valence-electron chi connectivity index (χ0n) is 12.4. The molecule has 0 fully saturated rings. The molecule has 0 aliphatic rings. The highest BCUT2D eigenvalue weighted by Crippen LogP contribution is 2.15. The van der Waals surface area contributed by atoms with E-state index in [0.717, 1.165) is 5.56 Å². The van der Waals surface area contributed by atoms with Crippen LogP contribution in [0.3, 0.4) is 0 Å². The SMILES string of the molecule is O=C(O)COc1ccc(NCC(=O)OCc2ccccc2)cc1. The Kier molecular flexibility index (Phi) is 5.99. The van der Waals surface area contributed by atoms with Gasteiger partial charge in [0.05, 0.1) is 0 Å². The van der Waals surface area contributed by atoms with Crippen molar-refractivity contribution < 1.29 is 24.2 Å². The second-order valence-electron chi connectivity index (χ2n) is 4.71. The summed E-state index contributed by atoms with van der Waals surface area (Å²) in [6, 6.07) is 16.1. The van der Waals surface area contributed by atoms with Crippen molar-refractivity contribution in [2.45, 2.75) is 6.61 Å². The van der Waals surface area contributed by atoms with Crippen LogP contribution in [-0.2, 0) is 20.9 Å². The van der Waals surface area contributed by atoms with Gasteiger partial charge in [0.2, 0.25) is 0 Å². The molecule has 0 aromatic heterocycles. The molecule has 0 heterocycles. The van der Waals surface area contributed by atoms with Crippen molar-refractivity contribution in [1.29, 1.82) is 0 Å².